The highest BCUT2D eigenvalue weighted by molar-refractivity contribution is 8.18. The van der Waals surface area contributed by atoms with Crippen molar-refractivity contribution in [2.75, 3.05) is 0 Å². The molecule has 0 unspecified atom stereocenters. The zero-order valence-electron chi connectivity index (χ0n) is 17.7. The number of carbonyl (C=O) groups is 2. The molecule has 0 saturated carbocycles. The molecule has 1 fully saturated rings. The predicted molar refractivity (Wildman–Crippen MR) is 131 cm³/mol. The summed E-state index contributed by atoms with van der Waals surface area (Å²) in [7, 11) is 0. The molecule has 3 aromatic carbocycles. The van der Waals surface area contributed by atoms with Gasteiger partial charge in [0.05, 0.1) is 21.3 Å². The van der Waals surface area contributed by atoms with Gasteiger partial charge in [0.25, 0.3) is 16.8 Å². The number of nitro groups is 1. The zero-order chi connectivity index (χ0) is 24.4. The van der Waals surface area contributed by atoms with E-state index in [2.05, 4.69) is 0 Å². The first-order chi connectivity index (χ1) is 16.2. The monoisotopic (exact) mass is 514 g/mol. The average molecular weight is 515 g/mol. The number of halogens is 2. The Balaban J connectivity index is 1.59. The topological polar surface area (TPSA) is 80.5 Å². The number of rotatable bonds is 6. The van der Waals surface area contributed by atoms with Crippen LogP contribution in [-0.4, -0.2) is 21.0 Å². The van der Waals surface area contributed by atoms with Crippen LogP contribution in [0.15, 0.2) is 75.4 Å². The first-order valence-corrected chi connectivity index (χ1v) is 12.0. The number of aryl methyl sites for hydroxylation is 1. The third-order valence-electron chi connectivity index (χ3n) is 4.98. The Morgan fingerprint density at radius 3 is 2.56 bits per heavy atom. The van der Waals surface area contributed by atoms with Gasteiger partial charge in [-0.1, -0.05) is 53.2 Å². The molecule has 0 aliphatic carbocycles. The molecule has 4 rings (SSSR count). The van der Waals surface area contributed by atoms with Crippen LogP contribution in [0.1, 0.15) is 16.7 Å². The smallest absolute Gasteiger partial charge is 0.268 e. The summed E-state index contributed by atoms with van der Waals surface area (Å²) in [6.07, 6.45) is 1.42. The molecule has 1 aliphatic heterocycles. The molecule has 0 atom stereocenters. The molecule has 6 nitrogen and oxygen atoms in total. The van der Waals surface area contributed by atoms with Crippen LogP contribution in [-0.2, 0) is 11.3 Å². The van der Waals surface area contributed by atoms with Gasteiger partial charge < -0.3 is 0 Å². The maximum Gasteiger partial charge on any atom is 0.293 e. The standard InChI is InChI=1S/C24H16ClFN2O4S2/c1-14-5-8-16(9-6-14)33-21-10-7-15(11-20(21)28(31)32)12-22-23(29)27(24(30)34-22)13-17-18(25)3-2-4-19(17)26/h2-12H,13H2,1H3. The Kier molecular flexibility index (Phi) is 7.06. The van der Waals surface area contributed by atoms with E-state index in [1.807, 2.05) is 31.2 Å². The van der Waals surface area contributed by atoms with Crippen molar-refractivity contribution in [1.82, 2.24) is 4.90 Å². The summed E-state index contributed by atoms with van der Waals surface area (Å²) in [5, 5.41) is 11.2. The van der Waals surface area contributed by atoms with Crippen molar-refractivity contribution >= 4 is 58.0 Å². The number of amides is 2. The van der Waals surface area contributed by atoms with E-state index in [1.54, 1.807) is 12.1 Å². The van der Waals surface area contributed by atoms with E-state index in [0.29, 0.717) is 22.2 Å². The van der Waals surface area contributed by atoms with Crippen molar-refractivity contribution in [3.63, 3.8) is 0 Å². The minimum absolute atomic E-state index is 0.0424. The van der Waals surface area contributed by atoms with E-state index in [1.165, 1.54) is 42.1 Å². The van der Waals surface area contributed by atoms with Crippen molar-refractivity contribution in [3.05, 3.63) is 103 Å². The maximum atomic E-state index is 14.1. The van der Waals surface area contributed by atoms with Crippen molar-refractivity contribution in [3.8, 4) is 0 Å². The van der Waals surface area contributed by atoms with Crippen LogP contribution in [0.3, 0.4) is 0 Å². The van der Waals surface area contributed by atoms with E-state index in [9.17, 15) is 24.1 Å². The average Bonchev–Trinajstić information content (AvgIpc) is 3.05. The van der Waals surface area contributed by atoms with E-state index < -0.39 is 21.9 Å². The molecule has 0 aromatic heterocycles. The first-order valence-electron chi connectivity index (χ1n) is 9.94. The summed E-state index contributed by atoms with van der Waals surface area (Å²) in [6.45, 7) is 1.65. The van der Waals surface area contributed by atoms with E-state index in [-0.39, 0.29) is 27.7 Å². The maximum absolute atomic E-state index is 14.1. The molecule has 10 heteroatoms. The minimum Gasteiger partial charge on any atom is -0.268 e. The SMILES string of the molecule is Cc1ccc(Sc2ccc(C=C3SC(=O)N(Cc4c(F)cccc4Cl)C3=O)cc2[N+](=O)[O-])cc1. The second kappa shape index (κ2) is 10.0. The summed E-state index contributed by atoms with van der Waals surface area (Å²) >= 11 is 7.97. The lowest BCUT2D eigenvalue weighted by atomic mass is 10.1. The Morgan fingerprint density at radius 2 is 1.88 bits per heavy atom. The molecule has 3 aromatic rings. The van der Waals surface area contributed by atoms with Gasteiger partial charge in [-0.25, -0.2) is 4.39 Å². The molecular weight excluding hydrogens is 499 g/mol. The number of nitrogens with zero attached hydrogens (tertiary/aromatic N) is 2. The third-order valence-corrected chi connectivity index (χ3v) is 7.31. The van der Waals surface area contributed by atoms with Crippen molar-refractivity contribution < 1.29 is 18.9 Å². The van der Waals surface area contributed by atoms with Crippen LogP contribution in [0.4, 0.5) is 14.9 Å². The zero-order valence-corrected chi connectivity index (χ0v) is 20.0. The molecule has 34 heavy (non-hydrogen) atoms. The highest BCUT2D eigenvalue weighted by Crippen LogP contribution is 2.38. The summed E-state index contributed by atoms with van der Waals surface area (Å²) in [5.74, 6) is -1.23. The van der Waals surface area contributed by atoms with Gasteiger partial charge in [0.15, 0.2) is 0 Å². The summed E-state index contributed by atoms with van der Waals surface area (Å²) < 4.78 is 14.1. The van der Waals surface area contributed by atoms with Crippen molar-refractivity contribution in [2.45, 2.75) is 23.3 Å². The summed E-state index contributed by atoms with van der Waals surface area (Å²) in [6, 6.07) is 16.3. The second-order valence-electron chi connectivity index (χ2n) is 7.37. The lowest BCUT2D eigenvalue weighted by molar-refractivity contribution is -0.387. The molecule has 2 amide bonds. The van der Waals surface area contributed by atoms with Gasteiger partial charge in [-0.15, -0.1) is 0 Å². The first kappa shape index (κ1) is 24.0. The Hall–Kier alpha value is -3.14. The van der Waals surface area contributed by atoms with E-state index in [4.69, 9.17) is 11.6 Å². The van der Waals surface area contributed by atoms with Crippen LogP contribution in [0, 0.1) is 22.9 Å². The predicted octanol–water partition coefficient (Wildman–Crippen LogP) is 7.08. The molecule has 1 heterocycles. The molecule has 0 spiro atoms. The third kappa shape index (κ3) is 5.16. The Morgan fingerprint density at radius 1 is 1.15 bits per heavy atom. The lowest BCUT2D eigenvalue weighted by Crippen LogP contribution is -2.28. The van der Waals surface area contributed by atoms with E-state index in [0.717, 1.165) is 15.4 Å². The fourth-order valence-corrected chi connectivity index (χ4v) is 5.18. The van der Waals surface area contributed by atoms with Crippen LogP contribution in [0.25, 0.3) is 6.08 Å². The van der Waals surface area contributed by atoms with Crippen LogP contribution >= 0.6 is 35.1 Å². The van der Waals surface area contributed by atoms with Gasteiger partial charge in [0, 0.05) is 21.5 Å². The fourth-order valence-electron chi connectivity index (χ4n) is 3.22. The number of hydrogen-bond acceptors (Lipinski definition) is 6. The van der Waals surface area contributed by atoms with Gasteiger partial charge in [-0.3, -0.25) is 24.6 Å². The largest absolute Gasteiger partial charge is 0.293 e. The van der Waals surface area contributed by atoms with E-state index >= 15 is 0 Å². The molecule has 1 saturated heterocycles. The van der Waals surface area contributed by atoms with Gasteiger partial charge >= 0.3 is 0 Å². The van der Waals surface area contributed by atoms with Crippen LogP contribution in [0.5, 0.6) is 0 Å². The highest BCUT2D eigenvalue weighted by atomic mass is 35.5. The van der Waals surface area contributed by atoms with Gasteiger partial charge in [-0.05, 0) is 60.7 Å². The molecule has 0 N–H and O–H groups in total. The van der Waals surface area contributed by atoms with Crippen molar-refractivity contribution in [2.24, 2.45) is 0 Å². The van der Waals surface area contributed by atoms with Gasteiger partial charge in [-0.2, -0.15) is 0 Å². The van der Waals surface area contributed by atoms with Crippen molar-refractivity contribution in [1.29, 1.82) is 0 Å². The molecular formula is C24H16ClFN2O4S2. The fraction of sp³-hybridized carbons (Fsp3) is 0.0833. The Labute approximate surface area is 207 Å². The molecule has 0 bridgehead atoms. The van der Waals surface area contributed by atoms with Crippen LogP contribution in [0.2, 0.25) is 5.02 Å². The summed E-state index contributed by atoms with van der Waals surface area (Å²) in [4.78, 5) is 38.7. The van der Waals surface area contributed by atoms with Gasteiger partial charge in [0.1, 0.15) is 5.82 Å². The summed E-state index contributed by atoms with van der Waals surface area (Å²) in [5.41, 5.74) is 1.41. The normalized spacial score (nSPS) is 14.8. The number of imide groups is 1. The number of benzene rings is 3. The number of nitro benzene ring substituents is 1. The lowest BCUT2D eigenvalue weighted by Gasteiger charge is -2.14. The number of hydrogen-bond donors (Lipinski definition) is 0. The van der Waals surface area contributed by atoms with Gasteiger partial charge in [0.2, 0.25) is 0 Å². The molecule has 172 valence electrons. The minimum atomic E-state index is -0.618. The number of carbonyl (C=O) groups excluding carboxylic acids is 2. The highest BCUT2D eigenvalue weighted by Gasteiger charge is 2.36. The molecule has 1 aliphatic rings. The number of thioether (sulfide) groups is 1. The quantitative estimate of drug-likeness (QED) is 0.198. The Bertz CT molecular complexity index is 1330. The second-order valence-corrected chi connectivity index (χ2v) is 9.88. The van der Waals surface area contributed by atoms with Crippen LogP contribution < -0.4 is 0 Å². The molecule has 0 radical (unpaired) electrons.